The molecule has 1 saturated carbocycles. The molecule has 0 radical (unpaired) electrons. The lowest BCUT2D eigenvalue weighted by molar-refractivity contribution is 0.0752. The SMILES string of the molecule is O=C(c1ccncc1Cl)N1CC2CCC(O)C2C1. The van der Waals surface area contributed by atoms with Gasteiger partial charge in [0.05, 0.1) is 16.7 Å². The number of hydrogen-bond donors (Lipinski definition) is 1. The molecule has 3 atom stereocenters. The zero-order valence-electron chi connectivity index (χ0n) is 9.92. The summed E-state index contributed by atoms with van der Waals surface area (Å²) in [5, 5.41) is 10.2. The third-order valence-electron chi connectivity index (χ3n) is 4.11. The normalized spacial score (nSPS) is 30.6. The van der Waals surface area contributed by atoms with E-state index in [2.05, 4.69) is 4.98 Å². The molecule has 4 nitrogen and oxygen atoms in total. The number of carbonyl (C=O) groups excluding carboxylic acids is 1. The summed E-state index contributed by atoms with van der Waals surface area (Å²) in [6, 6.07) is 1.65. The fourth-order valence-corrected chi connectivity index (χ4v) is 3.32. The predicted octanol–water partition coefficient (Wildman–Crippen LogP) is 1.58. The van der Waals surface area contributed by atoms with Gasteiger partial charge in [-0.1, -0.05) is 11.6 Å². The molecule has 3 rings (SSSR count). The Kier molecular flexibility index (Phi) is 2.99. The first-order chi connectivity index (χ1) is 8.66. The maximum Gasteiger partial charge on any atom is 0.255 e. The molecular formula is C13H15ClN2O2. The first kappa shape index (κ1) is 11.9. The zero-order valence-corrected chi connectivity index (χ0v) is 10.7. The van der Waals surface area contributed by atoms with Gasteiger partial charge in [0, 0.05) is 31.4 Å². The van der Waals surface area contributed by atoms with Gasteiger partial charge < -0.3 is 10.0 Å². The molecule has 5 heteroatoms. The molecule has 1 aromatic rings. The molecule has 1 aliphatic heterocycles. The van der Waals surface area contributed by atoms with Crippen LogP contribution in [0, 0.1) is 11.8 Å². The molecule has 2 heterocycles. The summed E-state index contributed by atoms with van der Waals surface area (Å²) in [6.45, 7) is 1.38. The van der Waals surface area contributed by atoms with Gasteiger partial charge in [-0.2, -0.15) is 0 Å². The summed E-state index contributed by atoms with van der Waals surface area (Å²) in [7, 11) is 0. The van der Waals surface area contributed by atoms with Crippen LogP contribution in [0.5, 0.6) is 0 Å². The first-order valence-corrected chi connectivity index (χ1v) is 6.61. The van der Waals surface area contributed by atoms with Crippen molar-refractivity contribution in [3.05, 3.63) is 29.0 Å². The number of aliphatic hydroxyl groups is 1. The molecule has 1 N–H and O–H groups in total. The van der Waals surface area contributed by atoms with Crippen molar-refractivity contribution in [3.8, 4) is 0 Å². The van der Waals surface area contributed by atoms with Crippen LogP contribution in [0.15, 0.2) is 18.5 Å². The molecule has 2 aliphatic rings. The topological polar surface area (TPSA) is 53.4 Å². The Labute approximate surface area is 111 Å². The van der Waals surface area contributed by atoms with Crippen LogP contribution in [0.3, 0.4) is 0 Å². The third-order valence-corrected chi connectivity index (χ3v) is 4.41. The minimum Gasteiger partial charge on any atom is -0.393 e. The second-order valence-corrected chi connectivity index (χ2v) is 5.54. The van der Waals surface area contributed by atoms with Crippen LogP contribution in [0.25, 0.3) is 0 Å². The smallest absolute Gasteiger partial charge is 0.255 e. The van der Waals surface area contributed by atoms with E-state index < -0.39 is 0 Å². The highest BCUT2D eigenvalue weighted by molar-refractivity contribution is 6.33. The standard InChI is InChI=1S/C13H15ClN2O2/c14-11-5-15-4-3-9(11)13(18)16-6-8-1-2-12(17)10(8)7-16/h3-5,8,10,12,17H,1-2,6-7H2. The number of aliphatic hydroxyl groups excluding tert-OH is 1. The molecule has 0 spiro atoms. The number of carbonyl (C=O) groups is 1. The van der Waals surface area contributed by atoms with Crippen LogP contribution in [-0.4, -0.2) is 40.1 Å². The molecule has 0 bridgehead atoms. The number of hydrogen-bond acceptors (Lipinski definition) is 3. The second kappa shape index (κ2) is 4.52. The van der Waals surface area contributed by atoms with Crippen molar-refractivity contribution in [1.29, 1.82) is 0 Å². The molecule has 2 fully saturated rings. The lowest BCUT2D eigenvalue weighted by Crippen LogP contribution is -2.31. The Morgan fingerprint density at radius 2 is 2.28 bits per heavy atom. The van der Waals surface area contributed by atoms with E-state index in [4.69, 9.17) is 11.6 Å². The fourth-order valence-electron chi connectivity index (χ4n) is 3.12. The van der Waals surface area contributed by atoms with Crippen LogP contribution in [0.2, 0.25) is 5.02 Å². The summed E-state index contributed by atoms with van der Waals surface area (Å²) in [5.74, 6) is 0.642. The van der Waals surface area contributed by atoms with E-state index >= 15 is 0 Å². The van der Waals surface area contributed by atoms with Gasteiger partial charge in [-0.05, 0) is 24.8 Å². The summed E-state index contributed by atoms with van der Waals surface area (Å²) >= 11 is 5.99. The Morgan fingerprint density at radius 1 is 1.44 bits per heavy atom. The summed E-state index contributed by atoms with van der Waals surface area (Å²) in [6.07, 6.45) is 4.69. The number of fused-ring (bicyclic) bond motifs is 1. The van der Waals surface area contributed by atoms with Crippen LogP contribution in [-0.2, 0) is 0 Å². The maximum atomic E-state index is 12.3. The highest BCUT2D eigenvalue weighted by Gasteiger charge is 2.43. The highest BCUT2D eigenvalue weighted by Crippen LogP contribution is 2.38. The fraction of sp³-hybridized carbons (Fsp3) is 0.538. The van der Waals surface area contributed by atoms with E-state index in [1.807, 2.05) is 0 Å². The number of rotatable bonds is 1. The third kappa shape index (κ3) is 1.89. The molecule has 1 aliphatic carbocycles. The van der Waals surface area contributed by atoms with Gasteiger partial charge in [-0.25, -0.2) is 0 Å². The van der Waals surface area contributed by atoms with Gasteiger partial charge in [0.1, 0.15) is 0 Å². The monoisotopic (exact) mass is 266 g/mol. The van der Waals surface area contributed by atoms with E-state index in [0.29, 0.717) is 23.0 Å². The number of aromatic nitrogens is 1. The lowest BCUT2D eigenvalue weighted by atomic mass is 10.00. The minimum absolute atomic E-state index is 0.0519. The van der Waals surface area contributed by atoms with E-state index in [1.54, 1.807) is 17.2 Å². The van der Waals surface area contributed by atoms with Gasteiger partial charge in [0.25, 0.3) is 5.91 Å². The molecular weight excluding hydrogens is 252 g/mol. The Bertz CT molecular complexity index is 480. The van der Waals surface area contributed by atoms with Crippen molar-refractivity contribution < 1.29 is 9.90 Å². The van der Waals surface area contributed by atoms with Crippen molar-refractivity contribution in [2.45, 2.75) is 18.9 Å². The highest BCUT2D eigenvalue weighted by atomic mass is 35.5. The number of nitrogens with zero attached hydrogens (tertiary/aromatic N) is 2. The number of halogens is 1. The Balaban J connectivity index is 1.78. The quantitative estimate of drug-likeness (QED) is 0.840. The zero-order chi connectivity index (χ0) is 12.7. The number of likely N-dealkylation sites (tertiary alicyclic amines) is 1. The number of pyridine rings is 1. The van der Waals surface area contributed by atoms with Crippen LogP contribution in [0.1, 0.15) is 23.2 Å². The molecule has 1 aromatic heterocycles. The summed E-state index contributed by atoms with van der Waals surface area (Å²) in [4.78, 5) is 18.0. The second-order valence-electron chi connectivity index (χ2n) is 5.13. The number of amides is 1. The van der Waals surface area contributed by atoms with Crippen molar-refractivity contribution in [2.75, 3.05) is 13.1 Å². The Morgan fingerprint density at radius 3 is 3.00 bits per heavy atom. The van der Waals surface area contributed by atoms with Crippen molar-refractivity contribution in [2.24, 2.45) is 11.8 Å². The van der Waals surface area contributed by atoms with Gasteiger partial charge in [0.15, 0.2) is 0 Å². The molecule has 1 saturated heterocycles. The largest absolute Gasteiger partial charge is 0.393 e. The van der Waals surface area contributed by atoms with E-state index in [1.165, 1.54) is 6.20 Å². The first-order valence-electron chi connectivity index (χ1n) is 6.23. The van der Waals surface area contributed by atoms with E-state index in [0.717, 1.165) is 19.4 Å². The van der Waals surface area contributed by atoms with E-state index in [-0.39, 0.29) is 17.9 Å². The average molecular weight is 267 g/mol. The van der Waals surface area contributed by atoms with Crippen molar-refractivity contribution >= 4 is 17.5 Å². The molecule has 0 aromatic carbocycles. The van der Waals surface area contributed by atoms with Gasteiger partial charge >= 0.3 is 0 Å². The average Bonchev–Trinajstić information content (AvgIpc) is 2.92. The van der Waals surface area contributed by atoms with Gasteiger partial charge in [-0.3, -0.25) is 9.78 Å². The maximum absolute atomic E-state index is 12.3. The minimum atomic E-state index is -0.249. The van der Waals surface area contributed by atoms with Crippen LogP contribution in [0.4, 0.5) is 0 Å². The van der Waals surface area contributed by atoms with Crippen LogP contribution >= 0.6 is 11.6 Å². The molecule has 96 valence electrons. The van der Waals surface area contributed by atoms with Gasteiger partial charge in [0.2, 0.25) is 0 Å². The molecule has 18 heavy (non-hydrogen) atoms. The summed E-state index contributed by atoms with van der Waals surface area (Å²) < 4.78 is 0. The van der Waals surface area contributed by atoms with E-state index in [9.17, 15) is 9.90 Å². The predicted molar refractivity (Wildman–Crippen MR) is 67.4 cm³/mol. The molecule has 3 unspecified atom stereocenters. The van der Waals surface area contributed by atoms with Gasteiger partial charge in [-0.15, -0.1) is 0 Å². The van der Waals surface area contributed by atoms with Crippen molar-refractivity contribution in [3.63, 3.8) is 0 Å². The lowest BCUT2D eigenvalue weighted by Gasteiger charge is -2.18. The summed E-state index contributed by atoms with van der Waals surface area (Å²) in [5.41, 5.74) is 0.501. The van der Waals surface area contributed by atoms with Crippen LogP contribution < -0.4 is 0 Å². The Hall–Kier alpha value is -1.13. The van der Waals surface area contributed by atoms with Crippen molar-refractivity contribution in [1.82, 2.24) is 9.88 Å². The molecule has 1 amide bonds.